The molecule has 1 aromatic carbocycles. The van der Waals surface area contributed by atoms with Crippen molar-refractivity contribution < 1.29 is 31.9 Å². The van der Waals surface area contributed by atoms with Gasteiger partial charge in [0.1, 0.15) is 24.1 Å². The van der Waals surface area contributed by atoms with Gasteiger partial charge in [-0.3, -0.25) is 19.1 Å². The molecule has 2 aromatic rings. The lowest BCUT2D eigenvalue weighted by atomic mass is 9.88. The molecule has 3 amide bonds. The zero-order valence-corrected chi connectivity index (χ0v) is 24.4. The van der Waals surface area contributed by atoms with Crippen LogP contribution in [0.5, 0.6) is 0 Å². The standard InChI is InChI=1S/C29H38F4N6O3/c1-15(2)39-22(10-11-35-39)27(41)37-25(24(17-6-7-17)18-8-9-18)28(42)36-21-13-23(38(4)5)19(12-20(21)30)16(3)26(40)34-14-29(31,32)33/h10-13,15-18,24-25H,6-9,14H2,1-5H3,(H,34,40)(H,36,42)(H,37,41). The summed E-state index contributed by atoms with van der Waals surface area (Å²) in [7, 11) is 3.28. The first-order valence-electron chi connectivity index (χ1n) is 14.2. The molecule has 42 heavy (non-hydrogen) atoms. The molecule has 2 saturated carbocycles. The molecule has 2 aliphatic carbocycles. The largest absolute Gasteiger partial charge is 0.405 e. The smallest absolute Gasteiger partial charge is 0.377 e. The molecule has 2 unspecified atom stereocenters. The first kappa shape index (κ1) is 31.3. The molecule has 2 fully saturated rings. The van der Waals surface area contributed by atoms with E-state index >= 15 is 4.39 Å². The summed E-state index contributed by atoms with van der Waals surface area (Å²) in [6.45, 7) is 3.66. The number of halogens is 4. The first-order valence-corrected chi connectivity index (χ1v) is 14.2. The van der Waals surface area contributed by atoms with Crippen LogP contribution in [0.2, 0.25) is 0 Å². The molecule has 4 rings (SSSR count). The van der Waals surface area contributed by atoms with E-state index in [1.54, 1.807) is 29.7 Å². The van der Waals surface area contributed by atoms with Crippen LogP contribution < -0.4 is 20.9 Å². The molecule has 2 atom stereocenters. The molecule has 3 N–H and O–H groups in total. The van der Waals surface area contributed by atoms with Crippen LogP contribution in [0, 0.1) is 23.6 Å². The number of hydrogen-bond acceptors (Lipinski definition) is 5. The monoisotopic (exact) mass is 594 g/mol. The Hall–Kier alpha value is -3.64. The van der Waals surface area contributed by atoms with Gasteiger partial charge in [-0.05, 0) is 88.0 Å². The lowest BCUT2D eigenvalue weighted by molar-refractivity contribution is -0.139. The van der Waals surface area contributed by atoms with Crippen molar-refractivity contribution in [3.63, 3.8) is 0 Å². The zero-order valence-electron chi connectivity index (χ0n) is 24.4. The van der Waals surface area contributed by atoms with E-state index in [0.717, 1.165) is 31.7 Å². The van der Waals surface area contributed by atoms with Crippen LogP contribution >= 0.6 is 0 Å². The van der Waals surface area contributed by atoms with Crippen molar-refractivity contribution in [2.24, 2.45) is 17.8 Å². The van der Waals surface area contributed by atoms with Crippen LogP contribution in [0.4, 0.5) is 28.9 Å². The third-order valence-electron chi connectivity index (χ3n) is 7.86. The van der Waals surface area contributed by atoms with Gasteiger partial charge in [0, 0.05) is 32.0 Å². The van der Waals surface area contributed by atoms with E-state index in [9.17, 15) is 27.6 Å². The molecule has 0 saturated heterocycles. The van der Waals surface area contributed by atoms with Crippen LogP contribution in [0.1, 0.15) is 74.5 Å². The van der Waals surface area contributed by atoms with Crippen LogP contribution in [0.3, 0.4) is 0 Å². The van der Waals surface area contributed by atoms with Gasteiger partial charge in [0.2, 0.25) is 11.8 Å². The summed E-state index contributed by atoms with van der Waals surface area (Å²) in [5.41, 5.74) is 0.669. The van der Waals surface area contributed by atoms with E-state index in [-0.39, 0.29) is 35.0 Å². The predicted molar refractivity (Wildman–Crippen MR) is 150 cm³/mol. The highest BCUT2D eigenvalue weighted by atomic mass is 19.4. The number of hydrogen-bond donors (Lipinski definition) is 3. The Bertz CT molecular complexity index is 1300. The van der Waals surface area contributed by atoms with Crippen molar-refractivity contribution in [1.29, 1.82) is 0 Å². The minimum atomic E-state index is -4.59. The maximum atomic E-state index is 15.4. The number of amides is 3. The van der Waals surface area contributed by atoms with Crippen LogP contribution in [0.15, 0.2) is 24.4 Å². The van der Waals surface area contributed by atoms with Gasteiger partial charge < -0.3 is 20.9 Å². The van der Waals surface area contributed by atoms with Gasteiger partial charge in [-0.25, -0.2) is 4.39 Å². The van der Waals surface area contributed by atoms with Gasteiger partial charge in [-0.15, -0.1) is 0 Å². The SMILES string of the molecule is CC(C(=O)NCC(F)(F)F)c1cc(F)c(NC(=O)C(NC(=O)c2ccnn2C(C)C)C(C2CC2)C2CC2)cc1N(C)C. The molecule has 0 radical (unpaired) electrons. The first-order chi connectivity index (χ1) is 19.7. The number of carbonyl (C=O) groups is 3. The summed E-state index contributed by atoms with van der Waals surface area (Å²) in [4.78, 5) is 41.2. The number of rotatable bonds is 12. The number of nitrogens with one attached hydrogen (secondary N) is 3. The molecule has 0 aliphatic heterocycles. The second kappa shape index (κ2) is 12.3. The topological polar surface area (TPSA) is 108 Å². The molecule has 2 aliphatic rings. The summed E-state index contributed by atoms with van der Waals surface area (Å²) in [6.07, 6.45) is 0.741. The van der Waals surface area contributed by atoms with Gasteiger partial charge in [0.25, 0.3) is 5.91 Å². The zero-order chi connectivity index (χ0) is 30.9. The highest BCUT2D eigenvalue weighted by molar-refractivity contribution is 6.01. The van der Waals surface area contributed by atoms with Gasteiger partial charge in [-0.2, -0.15) is 18.3 Å². The van der Waals surface area contributed by atoms with Crippen LogP contribution in [-0.4, -0.2) is 60.4 Å². The Morgan fingerprint density at radius 3 is 2.19 bits per heavy atom. The normalized spacial score (nSPS) is 16.7. The maximum absolute atomic E-state index is 15.4. The summed E-state index contributed by atoms with van der Waals surface area (Å²) in [5, 5.41) is 11.6. The summed E-state index contributed by atoms with van der Waals surface area (Å²) in [6, 6.07) is 3.00. The highest BCUT2D eigenvalue weighted by Crippen LogP contribution is 2.51. The fourth-order valence-electron chi connectivity index (χ4n) is 5.45. The molecular formula is C29H38F4N6O3. The van der Waals surface area contributed by atoms with Crippen molar-refractivity contribution in [1.82, 2.24) is 20.4 Å². The minimum absolute atomic E-state index is 0.0781. The third-order valence-corrected chi connectivity index (χ3v) is 7.86. The second-order valence-corrected chi connectivity index (χ2v) is 11.8. The Morgan fingerprint density at radius 2 is 1.67 bits per heavy atom. The highest BCUT2D eigenvalue weighted by Gasteiger charge is 2.48. The lowest BCUT2D eigenvalue weighted by Crippen LogP contribution is -2.50. The fraction of sp³-hybridized carbons (Fsp3) is 0.586. The summed E-state index contributed by atoms with van der Waals surface area (Å²) in [5.74, 6) is -3.41. The molecule has 9 nitrogen and oxygen atoms in total. The van der Waals surface area contributed by atoms with E-state index in [1.807, 2.05) is 19.2 Å². The van der Waals surface area contributed by atoms with Gasteiger partial charge in [0.05, 0.1) is 11.6 Å². The lowest BCUT2D eigenvalue weighted by Gasteiger charge is -2.28. The van der Waals surface area contributed by atoms with Crippen molar-refractivity contribution in [2.75, 3.05) is 30.9 Å². The quantitative estimate of drug-likeness (QED) is 0.311. The molecular weight excluding hydrogens is 556 g/mol. The number of alkyl halides is 3. The molecule has 13 heteroatoms. The summed E-state index contributed by atoms with van der Waals surface area (Å²) >= 11 is 0. The number of nitrogens with zero attached hydrogens (tertiary/aromatic N) is 3. The van der Waals surface area contributed by atoms with Gasteiger partial charge >= 0.3 is 6.18 Å². The molecule has 230 valence electrons. The van der Waals surface area contributed by atoms with E-state index in [4.69, 9.17) is 0 Å². The average Bonchev–Trinajstić information content (AvgIpc) is 3.85. The molecule has 0 spiro atoms. The number of anilines is 2. The molecule has 1 aromatic heterocycles. The van der Waals surface area contributed by atoms with Gasteiger partial charge in [0.15, 0.2) is 0 Å². The number of benzene rings is 1. The van der Waals surface area contributed by atoms with Crippen molar-refractivity contribution in [3.8, 4) is 0 Å². The van der Waals surface area contributed by atoms with E-state index in [1.165, 1.54) is 19.2 Å². The fourth-order valence-corrected chi connectivity index (χ4v) is 5.45. The second-order valence-electron chi connectivity index (χ2n) is 11.8. The predicted octanol–water partition coefficient (Wildman–Crippen LogP) is 4.62. The maximum Gasteiger partial charge on any atom is 0.405 e. The Labute approximate surface area is 242 Å². The van der Waals surface area contributed by atoms with Gasteiger partial charge in [-0.1, -0.05) is 0 Å². The van der Waals surface area contributed by atoms with Crippen molar-refractivity contribution in [2.45, 2.75) is 70.6 Å². The van der Waals surface area contributed by atoms with Crippen LogP contribution in [-0.2, 0) is 9.59 Å². The Kier molecular flexibility index (Phi) is 9.17. The molecule has 1 heterocycles. The van der Waals surface area contributed by atoms with Crippen LogP contribution in [0.25, 0.3) is 0 Å². The third kappa shape index (κ3) is 7.40. The van der Waals surface area contributed by atoms with Crippen molar-refractivity contribution >= 4 is 29.1 Å². The summed E-state index contributed by atoms with van der Waals surface area (Å²) < 4.78 is 54.9. The van der Waals surface area contributed by atoms with E-state index in [2.05, 4.69) is 15.7 Å². The van der Waals surface area contributed by atoms with E-state index in [0.29, 0.717) is 11.4 Å². The van der Waals surface area contributed by atoms with E-state index < -0.39 is 48.2 Å². The average molecular weight is 595 g/mol. The Balaban J connectivity index is 1.60. The van der Waals surface area contributed by atoms with Crippen molar-refractivity contribution in [3.05, 3.63) is 41.5 Å². The number of aromatic nitrogens is 2. The minimum Gasteiger partial charge on any atom is -0.377 e. The Morgan fingerprint density at radius 1 is 1.05 bits per heavy atom. The number of carbonyl (C=O) groups excluding carboxylic acids is 3. The molecule has 0 bridgehead atoms.